The third kappa shape index (κ3) is 3.76. The Labute approximate surface area is 123 Å². The minimum atomic E-state index is -1.14. The molecule has 1 aromatic carbocycles. The molecule has 3 unspecified atom stereocenters. The lowest BCUT2D eigenvalue weighted by Crippen LogP contribution is -2.27. The molecule has 1 aliphatic heterocycles. The van der Waals surface area contributed by atoms with Crippen LogP contribution in [-0.4, -0.2) is 33.7 Å². The van der Waals surface area contributed by atoms with Crippen LogP contribution in [0.4, 0.5) is 0 Å². The van der Waals surface area contributed by atoms with E-state index in [1.807, 2.05) is 31.2 Å². The van der Waals surface area contributed by atoms with Crippen LogP contribution in [0.25, 0.3) is 0 Å². The predicted molar refractivity (Wildman–Crippen MR) is 81.6 cm³/mol. The second-order valence-corrected chi connectivity index (χ2v) is 6.95. The van der Waals surface area contributed by atoms with Crippen LogP contribution in [0.15, 0.2) is 24.3 Å². The van der Waals surface area contributed by atoms with Gasteiger partial charge in [0.2, 0.25) is 0 Å². The number of hydrogen-bond donors (Lipinski definition) is 0. The van der Waals surface area contributed by atoms with Crippen LogP contribution in [-0.2, 0) is 22.0 Å². The largest absolute Gasteiger partial charge is 0.377 e. The molecule has 0 amide bonds. The summed E-state index contributed by atoms with van der Waals surface area (Å²) in [5.74, 6) is 0.0661. The van der Waals surface area contributed by atoms with Crippen LogP contribution in [0, 0.1) is 0 Å². The molecule has 0 aliphatic carbocycles. The number of aryl methyl sites for hydroxylation is 1. The summed E-state index contributed by atoms with van der Waals surface area (Å²) in [5, 5.41) is -0.00156. The van der Waals surface area contributed by atoms with E-state index < -0.39 is 10.8 Å². The highest BCUT2D eigenvalue weighted by molar-refractivity contribution is 7.86. The number of carbonyl (C=O) groups is 1. The zero-order valence-electron chi connectivity index (χ0n) is 12.1. The van der Waals surface area contributed by atoms with Crippen LogP contribution >= 0.6 is 0 Å². The summed E-state index contributed by atoms with van der Waals surface area (Å²) in [5.41, 5.74) is 1.90. The van der Waals surface area contributed by atoms with Gasteiger partial charge in [-0.3, -0.25) is 9.00 Å². The van der Waals surface area contributed by atoms with Gasteiger partial charge in [-0.05, 0) is 25.3 Å². The summed E-state index contributed by atoms with van der Waals surface area (Å²) in [6.07, 6.45) is 2.90. The summed E-state index contributed by atoms with van der Waals surface area (Å²) in [4.78, 5) is 12.2. The van der Waals surface area contributed by atoms with E-state index in [-0.39, 0.29) is 22.9 Å². The molecule has 1 aromatic rings. The van der Waals surface area contributed by atoms with E-state index in [0.29, 0.717) is 12.2 Å². The molecular formula is C16H22O3S. The Hall–Kier alpha value is -1.00. The number of rotatable bonds is 6. The molecule has 2 rings (SSSR count). The number of carbonyl (C=O) groups excluding carboxylic acids is 1. The lowest BCUT2D eigenvalue weighted by atomic mass is 10.1. The van der Waals surface area contributed by atoms with Crippen molar-refractivity contribution in [2.24, 2.45) is 0 Å². The van der Waals surface area contributed by atoms with Crippen molar-refractivity contribution in [3.63, 3.8) is 0 Å². The molecular weight excluding hydrogens is 272 g/mol. The zero-order chi connectivity index (χ0) is 14.5. The summed E-state index contributed by atoms with van der Waals surface area (Å²) in [6, 6.07) is 7.67. The topological polar surface area (TPSA) is 43.4 Å². The number of hydrogen-bond acceptors (Lipinski definition) is 3. The van der Waals surface area contributed by atoms with Gasteiger partial charge in [0.1, 0.15) is 0 Å². The van der Waals surface area contributed by atoms with Crippen molar-refractivity contribution < 1.29 is 13.7 Å². The molecule has 20 heavy (non-hydrogen) atoms. The van der Waals surface area contributed by atoms with Gasteiger partial charge < -0.3 is 4.74 Å². The molecule has 0 bridgehead atoms. The molecule has 0 radical (unpaired) electrons. The smallest absolute Gasteiger partial charge is 0.175 e. The quantitative estimate of drug-likeness (QED) is 0.758. The normalized spacial score (nSPS) is 23.7. The van der Waals surface area contributed by atoms with E-state index in [4.69, 9.17) is 4.74 Å². The Balaban J connectivity index is 1.95. The third-order valence-electron chi connectivity index (χ3n) is 3.73. The third-order valence-corrected chi connectivity index (χ3v) is 5.57. The number of Topliss-reactive ketones (excluding diaryl/α,β-unsaturated/α-hetero) is 1. The van der Waals surface area contributed by atoms with Gasteiger partial charge >= 0.3 is 0 Å². The number of ether oxygens (including phenoxy) is 1. The Bertz CT molecular complexity index is 481. The Morgan fingerprint density at radius 2 is 2.05 bits per heavy atom. The van der Waals surface area contributed by atoms with E-state index in [1.54, 1.807) is 0 Å². The molecule has 1 heterocycles. The van der Waals surface area contributed by atoms with E-state index in [9.17, 15) is 9.00 Å². The molecule has 0 spiro atoms. The molecule has 0 saturated carbocycles. The molecule has 3 atom stereocenters. The first-order valence-corrected chi connectivity index (χ1v) is 8.61. The minimum Gasteiger partial charge on any atom is -0.377 e. The van der Waals surface area contributed by atoms with Gasteiger partial charge in [-0.25, -0.2) is 0 Å². The van der Waals surface area contributed by atoms with Crippen molar-refractivity contribution in [3.8, 4) is 0 Å². The first kappa shape index (κ1) is 15.4. The van der Waals surface area contributed by atoms with Crippen molar-refractivity contribution in [2.45, 2.75) is 44.5 Å². The maximum atomic E-state index is 12.2. The van der Waals surface area contributed by atoms with E-state index in [0.717, 1.165) is 19.3 Å². The Morgan fingerprint density at radius 3 is 2.60 bits per heavy atom. The van der Waals surface area contributed by atoms with Crippen LogP contribution < -0.4 is 0 Å². The van der Waals surface area contributed by atoms with Gasteiger partial charge in [0.25, 0.3) is 0 Å². The molecule has 110 valence electrons. The van der Waals surface area contributed by atoms with E-state index >= 15 is 0 Å². The fraction of sp³-hybridized carbons (Fsp3) is 0.562. The fourth-order valence-corrected chi connectivity index (χ4v) is 4.03. The van der Waals surface area contributed by atoms with Crippen LogP contribution in [0.2, 0.25) is 0 Å². The summed E-state index contributed by atoms with van der Waals surface area (Å²) >= 11 is 0. The monoisotopic (exact) mass is 294 g/mol. The van der Waals surface area contributed by atoms with Gasteiger partial charge in [-0.1, -0.05) is 37.6 Å². The molecule has 3 nitrogen and oxygen atoms in total. The molecule has 1 aliphatic rings. The molecule has 1 saturated heterocycles. The Kier molecular flexibility index (Phi) is 5.49. The van der Waals surface area contributed by atoms with Crippen molar-refractivity contribution in [1.29, 1.82) is 0 Å². The SMILES string of the molecule is CCCc1ccc(C(=O)CS(=O)C2CCOC2C)cc1. The standard InChI is InChI=1S/C16H22O3S/c1-3-4-13-5-7-14(8-6-13)15(17)11-20(18)16-9-10-19-12(16)2/h5-8,12,16H,3-4,9-11H2,1-2H3. The van der Waals surface area contributed by atoms with Crippen molar-refractivity contribution in [3.05, 3.63) is 35.4 Å². The van der Waals surface area contributed by atoms with Gasteiger partial charge in [0.05, 0.1) is 17.1 Å². The molecule has 0 aromatic heterocycles. The Morgan fingerprint density at radius 1 is 1.35 bits per heavy atom. The second-order valence-electron chi connectivity index (χ2n) is 5.30. The number of benzene rings is 1. The average Bonchev–Trinajstić information content (AvgIpc) is 2.86. The van der Waals surface area contributed by atoms with Gasteiger partial charge in [0, 0.05) is 23.0 Å². The predicted octanol–water partition coefficient (Wildman–Crippen LogP) is 2.75. The van der Waals surface area contributed by atoms with Crippen molar-refractivity contribution >= 4 is 16.6 Å². The molecule has 1 fully saturated rings. The maximum absolute atomic E-state index is 12.2. The van der Waals surface area contributed by atoms with E-state index in [1.165, 1.54) is 5.56 Å². The van der Waals surface area contributed by atoms with Crippen molar-refractivity contribution in [2.75, 3.05) is 12.4 Å². The average molecular weight is 294 g/mol. The minimum absolute atomic E-state index is 0.00156. The van der Waals surface area contributed by atoms with Gasteiger partial charge in [0.15, 0.2) is 5.78 Å². The zero-order valence-corrected chi connectivity index (χ0v) is 12.9. The lowest BCUT2D eigenvalue weighted by molar-refractivity contribution is 0.102. The van der Waals surface area contributed by atoms with Gasteiger partial charge in [-0.2, -0.15) is 0 Å². The van der Waals surface area contributed by atoms with Gasteiger partial charge in [-0.15, -0.1) is 0 Å². The highest BCUT2D eigenvalue weighted by Gasteiger charge is 2.30. The highest BCUT2D eigenvalue weighted by Crippen LogP contribution is 2.19. The first-order chi connectivity index (χ1) is 9.61. The molecule has 0 N–H and O–H groups in total. The summed E-state index contributed by atoms with van der Waals surface area (Å²) in [6.45, 7) is 4.71. The van der Waals surface area contributed by atoms with Crippen LogP contribution in [0.3, 0.4) is 0 Å². The highest BCUT2D eigenvalue weighted by atomic mass is 32.2. The van der Waals surface area contributed by atoms with Crippen LogP contribution in [0.1, 0.15) is 42.6 Å². The lowest BCUT2D eigenvalue weighted by Gasteiger charge is -2.13. The summed E-state index contributed by atoms with van der Waals surface area (Å²) < 4.78 is 17.6. The van der Waals surface area contributed by atoms with Crippen LogP contribution in [0.5, 0.6) is 0 Å². The summed E-state index contributed by atoms with van der Waals surface area (Å²) in [7, 11) is -1.14. The van der Waals surface area contributed by atoms with E-state index in [2.05, 4.69) is 6.92 Å². The fourth-order valence-electron chi connectivity index (χ4n) is 2.52. The molecule has 4 heteroatoms. The number of ketones is 1. The first-order valence-electron chi connectivity index (χ1n) is 7.22. The van der Waals surface area contributed by atoms with Crippen molar-refractivity contribution in [1.82, 2.24) is 0 Å². The maximum Gasteiger partial charge on any atom is 0.175 e. The second kappa shape index (κ2) is 7.14.